The van der Waals surface area contributed by atoms with Gasteiger partial charge in [0.1, 0.15) is 6.54 Å². The van der Waals surface area contributed by atoms with E-state index in [9.17, 15) is 9.59 Å². The van der Waals surface area contributed by atoms with E-state index in [0.29, 0.717) is 18.0 Å². The second-order valence-electron chi connectivity index (χ2n) is 5.23. The predicted octanol–water partition coefficient (Wildman–Crippen LogP) is 0.381. The third kappa shape index (κ3) is 5.01. The van der Waals surface area contributed by atoms with Gasteiger partial charge in [-0.05, 0) is 30.2 Å². The lowest BCUT2D eigenvalue weighted by Crippen LogP contribution is -2.27. The zero-order valence-electron chi connectivity index (χ0n) is 13.6. The molecule has 8 heteroatoms. The molecule has 0 fully saturated rings. The molecule has 2 aromatic rings. The van der Waals surface area contributed by atoms with Crippen molar-refractivity contribution in [3.05, 3.63) is 41.7 Å². The van der Waals surface area contributed by atoms with Crippen LogP contribution in [0.5, 0.6) is 11.5 Å². The predicted molar refractivity (Wildman–Crippen MR) is 86.5 cm³/mol. The minimum Gasteiger partial charge on any atom is -0.493 e. The summed E-state index contributed by atoms with van der Waals surface area (Å²) in [4.78, 5) is 22.7. The highest BCUT2D eigenvalue weighted by atomic mass is 16.5. The van der Waals surface area contributed by atoms with E-state index in [0.717, 1.165) is 11.1 Å². The molecule has 24 heavy (non-hydrogen) atoms. The Balaban J connectivity index is 1.92. The van der Waals surface area contributed by atoms with Crippen LogP contribution in [0.2, 0.25) is 0 Å². The quantitative estimate of drug-likeness (QED) is 0.726. The number of hydrogen-bond donors (Lipinski definition) is 2. The normalized spacial score (nSPS) is 10.2. The number of nitrogens with one attached hydrogen (secondary N) is 1. The fourth-order valence-electron chi connectivity index (χ4n) is 2.05. The number of nitrogens with two attached hydrogens (primary N) is 1. The van der Waals surface area contributed by atoms with Crippen LogP contribution in [0.3, 0.4) is 0 Å². The third-order valence-electron chi connectivity index (χ3n) is 3.16. The second-order valence-corrected chi connectivity index (χ2v) is 5.23. The summed E-state index contributed by atoms with van der Waals surface area (Å²) >= 11 is 0. The number of rotatable bonds is 8. The van der Waals surface area contributed by atoms with Crippen molar-refractivity contribution in [3.8, 4) is 11.5 Å². The lowest BCUT2D eigenvalue weighted by molar-refractivity contribution is -0.122. The average Bonchev–Trinajstić information content (AvgIpc) is 2.96. The first-order chi connectivity index (χ1) is 11.5. The molecule has 0 radical (unpaired) electrons. The number of carbonyl (C=O) groups is 2. The van der Waals surface area contributed by atoms with Crippen molar-refractivity contribution in [3.63, 3.8) is 0 Å². The summed E-state index contributed by atoms with van der Waals surface area (Å²) in [5.74, 6) is 0.164. The molecule has 2 amide bonds. The van der Waals surface area contributed by atoms with Crippen molar-refractivity contribution in [2.75, 3.05) is 13.7 Å². The minimum absolute atomic E-state index is 0.147. The molecule has 0 saturated carbocycles. The van der Waals surface area contributed by atoms with Gasteiger partial charge in [0.15, 0.2) is 18.1 Å². The number of methoxy groups -OCH3 is 1. The molecular weight excluding hydrogens is 312 g/mol. The number of ether oxygens (including phenoxy) is 2. The maximum Gasteiger partial charge on any atom is 0.255 e. The van der Waals surface area contributed by atoms with Gasteiger partial charge in [0.25, 0.3) is 5.91 Å². The van der Waals surface area contributed by atoms with Crippen LogP contribution in [0, 0.1) is 6.92 Å². The highest BCUT2D eigenvalue weighted by molar-refractivity contribution is 5.76. The lowest BCUT2D eigenvalue weighted by atomic mass is 10.2. The van der Waals surface area contributed by atoms with Crippen LogP contribution in [0.4, 0.5) is 0 Å². The minimum atomic E-state index is -0.567. The van der Waals surface area contributed by atoms with Crippen molar-refractivity contribution in [1.82, 2.24) is 15.1 Å². The maximum atomic E-state index is 11.9. The van der Waals surface area contributed by atoms with Gasteiger partial charge in [0.05, 0.1) is 13.3 Å². The van der Waals surface area contributed by atoms with Gasteiger partial charge in [-0.2, -0.15) is 5.10 Å². The zero-order valence-corrected chi connectivity index (χ0v) is 13.6. The monoisotopic (exact) mass is 332 g/mol. The number of aryl methyl sites for hydroxylation is 1. The van der Waals surface area contributed by atoms with Gasteiger partial charge < -0.3 is 20.5 Å². The van der Waals surface area contributed by atoms with Crippen LogP contribution >= 0.6 is 0 Å². The van der Waals surface area contributed by atoms with Crippen LogP contribution in [0.1, 0.15) is 11.1 Å². The summed E-state index contributed by atoms with van der Waals surface area (Å²) in [6.07, 6.45) is 3.50. The smallest absolute Gasteiger partial charge is 0.255 e. The van der Waals surface area contributed by atoms with Crippen molar-refractivity contribution >= 4 is 11.8 Å². The van der Waals surface area contributed by atoms with E-state index in [-0.39, 0.29) is 19.1 Å². The van der Waals surface area contributed by atoms with Crippen LogP contribution in [0.25, 0.3) is 0 Å². The van der Waals surface area contributed by atoms with Crippen molar-refractivity contribution in [2.24, 2.45) is 5.73 Å². The molecule has 128 valence electrons. The van der Waals surface area contributed by atoms with Gasteiger partial charge in [0.2, 0.25) is 5.91 Å². The molecule has 0 bridgehead atoms. The molecule has 3 N–H and O–H groups in total. The molecule has 1 heterocycles. The molecule has 1 aromatic heterocycles. The molecule has 8 nitrogen and oxygen atoms in total. The highest BCUT2D eigenvalue weighted by Gasteiger charge is 2.09. The lowest BCUT2D eigenvalue weighted by Gasteiger charge is -2.12. The molecule has 0 aliphatic carbocycles. The Hall–Kier alpha value is -3.03. The second kappa shape index (κ2) is 8.00. The number of carbonyl (C=O) groups excluding carboxylic acids is 2. The summed E-state index contributed by atoms with van der Waals surface area (Å²) in [5, 5.41) is 6.87. The Morgan fingerprint density at radius 1 is 1.33 bits per heavy atom. The molecule has 0 aliphatic heterocycles. The summed E-state index contributed by atoms with van der Waals surface area (Å²) in [5.41, 5.74) is 6.88. The van der Waals surface area contributed by atoms with Gasteiger partial charge >= 0.3 is 0 Å². The summed E-state index contributed by atoms with van der Waals surface area (Å²) in [6.45, 7) is 2.18. The topological polar surface area (TPSA) is 108 Å². The Bertz CT molecular complexity index is 727. The Morgan fingerprint density at radius 2 is 2.12 bits per heavy atom. The Kier molecular flexibility index (Phi) is 5.78. The molecule has 0 unspecified atom stereocenters. The number of aromatic nitrogens is 2. The molecule has 0 saturated heterocycles. The number of amides is 2. The molecule has 0 spiro atoms. The van der Waals surface area contributed by atoms with Crippen LogP contribution in [-0.2, 0) is 22.7 Å². The number of nitrogens with zero attached hydrogens (tertiary/aromatic N) is 2. The standard InChI is InChI=1S/C16H20N4O4/c1-11-6-19-20(8-11)9-16(22)18-7-12-3-4-13(14(5-12)23-2)24-10-15(17)21/h3-6,8H,7,9-10H2,1-2H3,(H2,17,21)(H,18,22). The van der Waals surface area contributed by atoms with Gasteiger partial charge in [-0.25, -0.2) is 0 Å². The van der Waals surface area contributed by atoms with Crippen molar-refractivity contribution in [1.29, 1.82) is 0 Å². The van der Waals surface area contributed by atoms with Crippen LogP contribution < -0.4 is 20.5 Å². The highest BCUT2D eigenvalue weighted by Crippen LogP contribution is 2.27. The molecule has 2 rings (SSSR count). The molecule has 1 aromatic carbocycles. The SMILES string of the molecule is COc1cc(CNC(=O)Cn2cc(C)cn2)ccc1OCC(N)=O. The number of hydrogen-bond acceptors (Lipinski definition) is 5. The number of primary amides is 1. The van der Waals surface area contributed by atoms with E-state index >= 15 is 0 Å². The first-order valence-corrected chi connectivity index (χ1v) is 7.31. The molecule has 0 aliphatic rings. The van der Waals surface area contributed by atoms with Crippen LogP contribution in [-0.4, -0.2) is 35.3 Å². The van der Waals surface area contributed by atoms with Gasteiger partial charge in [-0.15, -0.1) is 0 Å². The van der Waals surface area contributed by atoms with Gasteiger partial charge in [-0.1, -0.05) is 6.07 Å². The molecular formula is C16H20N4O4. The van der Waals surface area contributed by atoms with E-state index in [1.807, 2.05) is 6.92 Å². The first kappa shape index (κ1) is 17.3. The maximum absolute atomic E-state index is 11.9. The largest absolute Gasteiger partial charge is 0.493 e. The average molecular weight is 332 g/mol. The van der Waals surface area contributed by atoms with E-state index in [4.69, 9.17) is 15.2 Å². The van der Waals surface area contributed by atoms with E-state index in [1.54, 1.807) is 35.3 Å². The Labute approximate surface area is 139 Å². The van der Waals surface area contributed by atoms with E-state index in [1.165, 1.54) is 7.11 Å². The van der Waals surface area contributed by atoms with Crippen molar-refractivity contribution < 1.29 is 19.1 Å². The Morgan fingerprint density at radius 3 is 2.75 bits per heavy atom. The van der Waals surface area contributed by atoms with Gasteiger partial charge in [0, 0.05) is 12.7 Å². The fourth-order valence-corrected chi connectivity index (χ4v) is 2.05. The van der Waals surface area contributed by atoms with Crippen LogP contribution in [0.15, 0.2) is 30.6 Å². The van der Waals surface area contributed by atoms with Crippen molar-refractivity contribution in [2.45, 2.75) is 20.0 Å². The fraction of sp³-hybridized carbons (Fsp3) is 0.312. The zero-order chi connectivity index (χ0) is 17.5. The van der Waals surface area contributed by atoms with Gasteiger partial charge in [-0.3, -0.25) is 14.3 Å². The summed E-state index contributed by atoms with van der Waals surface area (Å²) < 4.78 is 12.0. The molecule has 0 atom stereocenters. The summed E-state index contributed by atoms with van der Waals surface area (Å²) in [7, 11) is 1.49. The first-order valence-electron chi connectivity index (χ1n) is 7.31. The number of benzene rings is 1. The van der Waals surface area contributed by atoms with E-state index < -0.39 is 5.91 Å². The third-order valence-corrected chi connectivity index (χ3v) is 3.16. The van der Waals surface area contributed by atoms with E-state index in [2.05, 4.69) is 10.4 Å². The summed E-state index contributed by atoms with van der Waals surface area (Å²) in [6, 6.07) is 5.17.